The molecule has 3 rings (SSSR count). The highest BCUT2D eigenvalue weighted by molar-refractivity contribution is 6.02. The van der Waals surface area contributed by atoms with Crippen LogP contribution in [-0.4, -0.2) is 60.1 Å². The van der Waals surface area contributed by atoms with Crippen LogP contribution in [0.3, 0.4) is 0 Å². The van der Waals surface area contributed by atoms with E-state index < -0.39 is 23.8 Å². The summed E-state index contributed by atoms with van der Waals surface area (Å²) in [5.74, 6) is -0.531. The number of hydrogen-bond acceptors (Lipinski definition) is 5. The van der Waals surface area contributed by atoms with Gasteiger partial charge in [0.2, 0.25) is 0 Å². The standard InChI is InChI=1S/C23H30F3N3O3/c1-15(21(30)31)11-16-3-4-17-5-6-22(32-19(17)12-16)7-9-29(10-8-22)14-18(13-28-2)20(27)23(24,25)26/h3-4,12-13,15,27-28H,5-11,14H2,1-2H3,(H,30,31)/b18-13-,27-20?. The zero-order chi connectivity index (χ0) is 23.5. The molecule has 2 aliphatic heterocycles. The second kappa shape index (κ2) is 9.52. The highest BCUT2D eigenvalue weighted by Gasteiger charge is 2.41. The molecule has 2 aliphatic rings. The summed E-state index contributed by atoms with van der Waals surface area (Å²) in [7, 11) is 1.52. The lowest BCUT2D eigenvalue weighted by Gasteiger charge is -2.45. The van der Waals surface area contributed by atoms with Gasteiger partial charge in [0.1, 0.15) is 17.1 Å². The molecule has 1 saturated heterocycles. The number of hydrogen-bond donors (Lipinski definition) is 3. The second-order valence-corrected chi connectivity index (χ2v) is 8.78. The van der Waals surface area contributed by atoms with Gasteiger partial charge < -0.3 is 15.2 Å². The fourth-order valence-electron chi connectivity index (χ4n) is 4.38. The number of rotatable bonds is 7. The monoisotopic (exact) mass is 453 g/mol. The predicted octanol–water partition coefficient (Wildman–Crippen LogP) is 3.79. The number of fused-ring (bicyclic) bond motifs is 1. The molecule has 3 N–H and O–H groups in total. The number of aliphatic carboxylic acids is 1. The van der Waals surface area contributed by atoms with E-state index in [1.54, 1.807) is 6.92 Å². The van der Waals surface area contributed by atoms with Gasteiger partial charge in [-0.2, -0.15) is 13.2 Å². The van der Waals surface area contributed by atoms with Crippen molar-refractivity contribution in [2.24, 2.45) is 5.92 Å². The Kier molecular flexibility index (Phi) is 7.17. The van der Waals surface area contributed by atoms with Crippen molar-refractivity contribution in [3.05, 3.63) is 41.1 Å². The largest absolute Gasteiger partial charge is 0.487 e. The van der Waals surface area contributed by atoms with Crippen molar-refractivity contribution in [3.8, 4) is 5.75 Å². The Labute approximate surface area is 185 Å². The summed E-state index contributed by atoms with van der Waals surface area (Å²) >= 11 is 0. The maximum atomic E-state index is 13.0. The molecule has 1 unspecified atom stereocenters. The van der Waals surface area contributed by atoms with Crippen LogP contribution in [-0.2, 0) is 17.6 Å². The van der Waals surface area contributed by atoms with Gasteiger partial charge in [-0.15, -0.1) is 0 Å². The molecule has 1 aromatic carbocycles. The maximum absolute atomic E-state index is 13.0. The molecule has 0 aliphatic carbocycles. The summed E-state index contributed by atoms with van der Waals surface area (Å²) in [5.41, 5.74) is 0.259. The number of ether oxygens (including phenoxy) is 1. The SMILES string of the molecule is CN/C=C(/CN1CCC2(CCc3ccc(CC(C)C(=O)O)cc3O2)CC1)C(=N)C(F)(F)F. The van der Waals surface area contributed by atoms with Crippen molar-refractivity contribution < 1.29 is 27.8 Å². The number of aryl methyl sites for hydroxylation is 1. The molecule has 9 heteroatoms. The van der Waals surface area contributed by atoms with Crippen LogP contribution in [0.1, 0.15) is 37.3 Å². The van der Waals surface area contributed by atoms with Crippen molar-refractivity contribution in [3.63, 3.8) is 0 Å². The van der Waals surface area contributed by atoms with Crippen LogP contribution in [0.2, 0.25) is 0 Å². The molecule has 0 bridgehead atoms. The van der Waals surface area contributed by atoms with E-state index in [-0.39, 0.29) is 17.7 Å². The Morgan fingerprint density at radius 3 is 2.62 bits per heavy atom. The number of carbonyl (C=O) groups is 1. The zero-order valence-corrected chi connectivity index (χ0v) is 18.4. The smallest absolute Gasteiger partial charge is 0.433 e. The van der Waals surface area contributed by atoms with E-state index in [0.29, 0.717) is 32.4 Å². The Balaban J connectivity index is 1.64. The van der Waals surface area contributed by atoms with Crippen molar-refractivity contribution in [1.82, 2.24) is 10.2 Å². The predicted molar refractivity (Wildman–Crippen MR) is 115 cm³/mol. The summed E-state index contributed by atoms with van der Waals surface area (Å²) in [6.45, 7) is 2.90. The minimum Gasteiger partial charge on any atom is -0.487 e. The Morgan fingerprint density at radius 2 is 2.03 bits per heavy atom. The summed E-state index contributed by atoms with van der Waals surface area (Å²) in [4.78, 5) is 13.1. The maximum Gasteiger partial charge on any atom is 0.433 e. The molecule has 1 atom stereocenters. The molecule has 0 aromatic heterocycles. The number of alkyl halides is 3. The minimum absolute atomic E-state index is 0.0586. The normalized spacial score (nSPS) is 19.7. The van der Waals surface area contributed by atoms with Crippen LogP contribution in [0, 0.1) is 11.3 Å². The number of carboxylic acids is 1. The lowest BCUT2D eigenvalue weighted by Crippen LogP contribution is -2.50. The van der Waals surface area contributed by atoms with Crippen molar-refractivity contribution in [2.45, 2.75) is 50.8 Å². The molecule has 2 heterocycles. The van der Waals surface area contributed by atoms with Gasteiger partial charge in [-0.3, -0.25) is 15.1 Å². The number of likely N-dealkylation sites (tertiary alicyclic amines) is 1. The van der Waals surface area contributed by atoms with Crippen molar-refractivity contribution >= 4 is 11.7 Å². The van der Waals surface area contributed by atoms with Crippen LogP contribution in [0.5, 0.6) is 5.75 Å². The molecule has 176 valence electrons. The third-order valence-corrected chi connectivity index (χ3v) is 6.36. The minimum atomic E-state index is -4.67. The zero-order valence-electron chi connectivity index (χ0n) is 18.4. The lowest BCUT2D eigenvalue weighted by atomic mass is 9.82. The number of nitrogens with zero attached hydrogens (tertiary/aromatic N) is 1. The molecule has 1 fully saturated rings. The molecular weight excluding hydrogens is 423 g/mol. The van der Waals surface area contributed by atoms with Crippen LogP contribution >= 0.6 is 0 Å². The van der Waals surface area contributed by atoms with Gasteiger partial charge in [0, 0.05) is 38.5 Å². The van der Waals surface area contributed by atoms with E-state index >= 15 is 0 Å². The van der Waals surface area contributed by atoms with Gasteiger partial charge in [-0.05, 0) is 49.3 Å². The van der Waals surface area contributed by atoms with Gasteiger partial charge in [0.15, 0.2) is 0 Å². The Bertz CT molecular complexity index is 890. The van der Waals surface area contributed by atoms with Crippen LogP contribution in [0.25, 0.3) is 0 Å². The average molecular weight is 454 g/mol. The molecule has 0 amide bonds. The van der Waals surface area contributed by atoms with E-state index in [2.05, 4.69) is 5.32 Å². The molecule has 6 nitrogen and oxygen atoms in total. The van der Waals surface area contributed by atoms with Crippen LogP contribution in [0.4, 0.5) is 13.2 Å². The summed E-state index contributed by atoms with van der Waals surface area (Å²) in [6.07, 6.45) is 0.0736. The van der Waals surface area contributed by atoms with Gasteiger partial charge in [-0.1, -0.05) is 19.1 Å². The summed E-state index contributed by atoms with van der Waals surface area (Å²) < 4.78 is 45.4. The first-order valence-electron chi connectivity index (χ1n) is 10.8. The molecule has 1 aromatic rings. The first-order valence-corrected chi connectivity index (χ1v) is 10.8. The first kappa shape index (κ1) is 24.1. The highest BCUT2D eigenvalue weighted by Crippen LogP contribution is 2.40. The van der Waals surface area contributed by atoms with Gasteiger partial charge in [0.05, 0.1) is 5.92 Å². The van der Waals surface area contributed by atoms with E-state index in [1.165, 1.54) is 13.2 Å². The topological polar surface area (TPSA) is 85.7 Å². The number of benzene rings is 1. The van der Waals surface area contributed by atoms with E-state index in [4.69, 9.17) is 15.3 Å². The van der Waals surface area contributed by atoms with Crippen molar-refractivity contribution in [2.75, 3.05) is 26.7 Å². The number of nitrogens with one attached hydrogen (secondary N) is 2. The fraction of sp³-hybridized carbons (Fsp3) is 0.565. The summed E-state index contributed by atoms with van der Waals surface area (Å²) in [6, 6.07) is 5.88. The fourth-order valence-corrected chi connectivity index (χ4v) is 4.38. The lowest BCUT2D eigenvalue weighted by molar-refractivity contribution is -0.141. The average Bonchev–Trinajstić information content (AvgIpc) is 2.73. The molecule has 0 saturated carbocycles. The molecule has 32 heavy (non-hydrogen) atoms. The van der Waals surface area contributed by atoms with E-state index in [9.17, 15) is 18.0 Å². The highest BCUT2D eigenvalue weighted by atomic mass is 19.4. The Hall–Kier alpha value is -2.55. The van der Waals surface area contributed by atoms with Gasteiger partial charge in [-0.25, -0.2) is 0 Å². The summed E-state index contributed by atoms with van der Waals surface area (Å²) in [5, 5.41) is 19.2. The second-order valence-electron chi connectivity index (χ2n) is 8.78. The third kappa shape index (κ3) is 5.62. The van der Waals surface area contributed by atoms with Crippen LogP contribution in [0.15, 0.2) is 30.0 Å². The molecule has 0 radical (unpaired) electrons. The van der Waals surface area contributed by atoms with E-state index in [1.807, 2.05) is 23.1 Å². The molecular formula is C23H30F3N3O3. The Morgan fingerprint density at radius 1 is 1.34 bits per heavy atom. The van der Waals surface area contributed by atoms with Gasteiger partial charge in [0.25, 0.3) is 0 Å². The number of piperidine rings is 1. The van der Waals surface area contributed by atoms with E-state index in [0.717, 1.165) is 29.7 Å². The number of carboxylic acid groups (broad SMARTS) is 1. The van der Waals surface area contributed by atoms with Gasteiger partial charge >= 0.3 is 12.1 Å². The quantitative estimate of drug-likeness (QED) is 0.547. The number of halogens is 3. The first-order chi connectivity index (χ1) is 15.0. The third-order valence-electron chi connectivity index (χ3n) is 6.36. The van der Waals surface area contributed by atoms with Crippen LogP contribution < -0.4 is 10.1 Å². The van der Waals surface area contributed by atoms with Crippen molar-refractivity contribution in [1.29, 1.82) is 5.41 Å². The molecule has 1 spiro atoms.